The van der Waals surface area contributed by atoms with Gasteiger partial charge in [0.2, 0.25) is 0 Å². The van der Waals surface area contributed by atoms with Crippen LogP contribution in [0.5, 0.6) is 0 Å². The molecule has 1 aromatic rings. The fourth-order valence-corrected chi connectivity index (χ4v) is 1.19. The maximum atomic E-state index is 11.4. The van der Waals surface area contributed by atoms with Crippen LogP contribution >= 0.6 is 0 Å². The van der Waals surface area contributed by atoms with Crippen LogP contribution < -0.4 is 10.0 Å². The van der Waals surface area contributed by atoms with Crippen LogP contribution in [0, 0.1) is 49.4 Å². The van der Waals surface area contributed by atoms with Crippen molar-refractivity contribution >= 4 is 11.5 Å². The molecule has 0 aromatic carbocycles. The van der Waals surface area contributed by atoms with Gasteiger partial charge in [-0.3, -0.25) is 9.78 Å². The molecule has 0 spiro atoms. The predicted octanol–water partition coefficient (Wildman–Crippen LogP) is 3.04. The van der Waals surface area contributed by atoms with Crippen LogP contribution in [0.1, 0.15) is 41.5 Å². The number of aromatic nitrogens is 1. The molecule has 1 heterocycles. The molecule has 0 atom stereocenters. The molecule has 23 heavy (non-hydrogen) atoms. The summed E-state index contributed by atoms with van der Waals surface area (Å²) >= 11 is 0. The van der Waals surface area contributed by atoms with Crippen LogP contribution in [0.4, 0.5) is 5.69 Å². The second kappa shape index (κ2) is 10.3. The predicted molar refractivity (Wildman–Crippen MR) is 90.6 cm³/mol. The van der Waals surface area contributed by atoms with Crippen molar-refractivity contribution in [3.05, 3.63) is 36.4 Å². The first-order valence-corrected chi connectivity index (χ1v) is 7.36. The molecule has 0 aliphatic heterocycles. The topological polar surface area (TPSA) is 56.3 Å². The molecule has 0 amide bonds. The zero-order chi connectivity index (χ0) is 17.6. The third-order valence-electron chi connectivity index (χ3n) is 2.92. The van der Waals surface area contributed by atoms with Crippen molar-refractivity contribution in [1.82, 2.24) is 4.98 Å². The fraction of sp³-hybridized carbons (Fsp3) is 0.556. The standard InChI is InChI=1S/C11H20O2.C7H10N2.Tb/c1-10(2,3)8(12)7-9(13)11(4,5)6;1-9(2)7-3-5-8-6-4-7;/h7,12H,1-6H3;3-6H,1-2H3;/q;;+3/p-1/b8-7-;;. The second-order valence-corrected chi connectivity index (χ2v) is 7.47. The van der Waals surface area contributed by atoms with E-state index in [4.69, 9.17) is 0 Å². The summed E-state index contributed by atoms with van der Waals surface area (Å²) in [6.07, 6.45) is 4.80. The average molecular weight is 464 g/mol. The van der Waals surface area contributed by atoms with E-state index in [9.17, 15) is 9.90 Å². The fourth-order valence-electron chi connectivity index (χ4n) is 1.19. The van der Waals surface area contributed by atoms with Gasteiger partial charge in [-0.15, -0.1) is 5.76 Å². The molecule has 0 aliphatic carbocycles. The van der Waals surface area contributed by atoms with Gasteiger partial charge in [0.25, 0.3) is 0 Å². The summed E-state index contributed by atoms with van der Waals surface area (Å²) in [5, 5.41) is 11.4. The molecule has 0 bridgehead atoms. The SMILES string of the molecule is CC(C)(C)C(=O)/C=C(\[O-])C(C)(C)C.CN(C)c1ccncc1.[Tb+3]. The number of ketones is 1. The first kappa shape index (κ1) is 24.7. The number of nitrogens with zero attached hydrogens (tertiary/aromatic N) is 2. The molecular formula is C18H29N2O2Tb+2. The second-order valence-electron chi connectivity index (χ2n) is 7.47. The van der Waals surface area contributed by atoms with Gasteiger partial charge >= 0.3 is 38.6 Å². The Bertz CT molecular complexity index is 498. The molecule has 1 rings (SSSR count). The number of hydrogen-bond donors (Lipinski definition) is 0. The minimum Gasteiger partial charge on any atom is -0.875 e. The summed E-state index contributed by atoms with van der Waals surface area (Å²) in [4.78, 5) is 17.4. The normalized spacial score (nSPS) is 11.7. The first-order valence-electron chi connectivity index (χ1n) is 7.36. The smallest absolute Gasteiger partial charge is 0.875 e. The number of rotatable bonds is 2. The molecule has 0 radical (unpaired) electrons. The van der Waals surface area contributed by atoms with E-state index in [1.807, 2.05) is 72.7 Å². The molecule has 0 N–H and O–H groups in total. The summed E-state index contributed by atoms with van der Waals surface area (Å²) < 4.78 is 0. The van der Waals surface area contributed by atoms with E-state index < -0.39 is 10.8 Å². The Morgan fingerprint density at radius 1 is 1.04 bits per heavy atom. The van der Waals surface area contributed by atoms with Gasteiger partial charge in [-0.2, -0.15) is 0 Å². The largest absolute Gasteiger partial charge is 3.00 e. The van der Waals surface area contributed by atoms with E-state index in [0.29, 0.717) is 0 Å². The van der Waals surface area contributed by atoms with Gasteiger partial charge in [0, 0.05) is 37.6 Å². The average Bonchev–Trinajstić information content (AvgIpc) is 2.38. The zero-order valence-corrected chi connectivity index (χ0v) is 17.6. The molecule has 5 heteroatoms. The van der Waals surface area contributed by atoms with Gasteiger partial charge in [-0.05, 0) is 23.6 Å². The van der Waals surface area contributed by atoms with Crippen molar-refractivity contribution in [3.8, 4) is 0 Å². The number of pyridine rings is 1. The Morgan fingerprint density at radius 2 is 1.48 bits per heavy atom. The Labute approximate surface area is 171 Å². The van der Waals surface area contributed by atoms with Crippen LogP contribution in [0.3, 0.4) is 0 Å². The molecule has 130 valence electrons. The van der Waals surface area contributed by atoms with Gasteiger partial charge in [0.1, 0.15) is 0 Å². The van der Waals surface area contributed by atoms with Gasteiger partial charge in [0.15, 0.2) is 5.78 Å². The molecular weight excluding hydrogens is 435 g/mol. The molecule has 0 fully saturated rings. The van der Waals surface area contributed by atoms with E-state index in [0.717, 1.165) is 0 Å². The van der Waals surface area contributed by atoms with Crippen molar-refractivity contribution in [2.75, 3.05) is 19.0 Å². The molecule has 0 aliphatic rings. The molecule has 0 unspecified atom stereocenters. The number of allylic oxidation sites excluding steroid dienone is 2. The molecule has 0 saturated heterocycles. The Morgan fingerprint density at radius 3 is 1.74 bits per heavy atom. The number of hydrogen-bond acceptors (Lipinski definition) is 4. The first-order chi connectivity index (χ1) is 9.85. The summed E-state index contributed by atoms with van der Waals surface area (Å²) in [5.41, 5.74) is 0.270. The number of carbonyl (C=O) groups is 1. The maximum absolute atomic E-state index is 11.4. The third kappa shape index (κ3) is 10.8. The summed E-state index contributed by atoms with van der Waals surface area (Å²) in [7, 11) is 4.02. The minimum absolute atomic E-state index is 0. The van der Waals surface area contributed by atoms with E-state index in [1.165, 1.54) is 11.8 Å². The van der Waals surface area contributed by atoms with Crippen molar-refractivity contribution in [1.29, 1.82) is 0 Å². The third-order valence-corrected chi connectivity index (χ3v) is 2.92. The minimum atomic E-state index is -0.457. The molecule has 4 nitrogen and oxygen atoms in total. The van der Waals surface area contributed by atoms with E-state index in [2.05, 4.69) is 4.98 Å². The molecule has 0 saturated carbocycles. The van der Waals surface area contributed by atoms with Crippen molar-refractivity contribution in [2.24, 2.45) is 10.8 Å². The summed E-state index contributed by atoms with van der Waals surface area (Å²) in [6, 6.07) is 3.94. The van der Waals surface area contributed by atoms with Gasteiger partial charge in [-0.1, -0.05) is 41.5 Å². The molecule has 1 aromatic heterocycles. The zero-order valence-electron chi connectivity index (χ0n) is 15.4. The Hall–Kier alpha value is -0.554. The Kier molecular flexibility index (Phi) is 11.1. The quantitative estimate of drug-likeness (QED) is 0.499. The van der Waals surface area contributed by atoms with Crippen LogP contribution in [-0.2, 0) is 4.79 Å². The van der Waals surface area contributed by atoms with E-state index in [1.54, 1.807) is 12.4 Å². The number of anilines is 1. The van der Waals surface area contributed by atoms with Crippen LogP contribution in [-0.4, -0.2) is 24.9 Å². The summed E-state index contributed by atoms with van der Waals surface area (Å²) in [5.74, 6) is -0.208. The Balaban J connectivity index is 0. The van der Waals surface area contributed by atoms with Crippen molar-refractivity contribution in [2.45, 2.75) is 41.5 Å². The van der Waals surface area contributed by atoms with Gasteiger partial charge < -0.3 is 10.0 Å². The van der Waals surface area contributed by atoms with Crippen LogP contribution in [0.2, 0.25) is 0 Å². The maximum Gasteiger partial charge on any atom is 3.00 e. The van der Waals surface area contributed by atoms with Gasteiger partial charge in [0.05, 0.1) is 0 Å². The summed E-state index contributed by atoms with van der Waals surface area (Å²) in [6.45, 7) is 10.8. The van der Waals surface area contributed by atoms with Crippen LogP contribution in [0.25, 0.3) is 0 Å². The van der Waals surface area contributed by atoms with E-state index in [-0.39, 0.29) is 50.2 Å². The van der Waals surface area contributed by atoms with Crippen molar-refractivity contribution < 1.29 is 48.5 Å². The van der Waals surface area contributed by atoms with Crippen LogP contribution in [0.15, 0.2) is 36.4 Å². The van der Waals surface area contributed by atoms with Gasteiger partial charge in [-0.25, -0.2) is 0 Å². The number of carbonyl (C=O) groups excluding carboxylic acids is 1. The monoisotopic (exact) mass is 464 g/mol. The van der Waals surface area contributed by atoms with Crippen molar-refractivity contribution in [3.63, 3.8) is 0 Å². The van der Waals surface area contributed by atoms with E-state index >= 15 is 0 Å².